The number of hydrogen-bond donors (Lipinski definition) is 1. The van der Waals surface area contributed by atoms with E-state index in [1.165, 1.54) is 11.1 Å². The normalized spacial score (nSPS) is 11.1. The molecular formula is C21H21N5. The monoisotopic (exact) mass is 343 g/mol. The van der Waals surface area contributed by atoms with Gasteiger partial charge >= 0.3 is 0 Å². The summed E-state index contributed by atoms with van der Waals surface area (Å²) >= 11 is 0. The Morgan fingerprint density at radius 1 is 0.846 bits per heavy atom. The average Bonchev–Trinajstić information content (AvgIpc) is 2.97. The van der Waals surface area contributed by atoms with Crippen LogP contribution >= 0.6 is 0 Å². The molecule has 0 amide bonds. The van der Waals surface area contributed by atoms with Crippen LogP contribution in [-0.4, -0.2) is 20.0 Å². The smallest absolute Gasteiger partial charge is 0.183 e. The number of nitrogens with zero attached hydrogens (tertiary/aromatic N) is 4. The molecule has 4 aromatic rings. The first kappa shape index (κ1) is 16.3. The minimum absolute atomic E-state index is 0.748. The largest absolute Gasteiger partial charge is 0.338 e. The van der Waals surface area contributed by atoms with Crippen molar-refractivity contribution < 1.29 is 0 Å². The van der Waals surface area contributed by atoms with Gasteiger partial charge in [-0.3, -0.25) is 0 Å². The molecule has 5 nitrogen and oxygen atoms in total. The van der Waals surface area contributed by atoms with Crippen LogP contribution in [0.3, 0.4) is 0 Å². The number of nitrogens with one attached hydrogen (secondary N) is 1. The summed E-state index contributed by atoms with van der Waals surface area (Å²) in [6.45, 7) is 8.22. The Kier molecular flexibility index (Phi) is 3.92. The highest BCUT2D eigenvalue weighted by atomic mass is 15.4. The van der Waals surface area contributed by atoms with Gasteiger partial charge in [0.2, 0.25) is 0 Å². The molecule has 2 heterocycles. The molecule has 1 N–H and O–H groups in total. The number of aryl methyl sites for hydroxylation is 3. The summed E-state index contributed by atoms with van der Waals surface area (Å²) in [5, 5.41) is 19.0. The van der Waals surface area contributed by atoms with E-state index < -0.39 is 0 Å². The highest BCUT2D eigenvalue weighted by molar-refractivity contribution is 5.97. The lowest BCUT2D eigenvalue weighted by atomic mass is 10.1. The lowest BCUT2D eigenvalue weighted by Gasteiger charge is -2.14. The van der Waals surface area contributed by atoms with E-state index in [1.54, 1.807) is 0 Å². The summed E-state index contributed by atoms with van der Waals surface area (Å²) in [5.41, 5.74) is 5.50. The summed E-state index contributed by atoms with van der Waals surface area (Å²) in [6, 6.07) is 16.4. The molecule has 2 aromatic carbocycles. The molecule has 0 aliphatic carbocycles. The van der Waals surface area contributed by atoms with E-state index in [4.69, 9.17) is 0 Å². The number of rotatable bonds is 3. The third-order valence-electron chi connectivity index (χ3n) is 4.74. The second-order valence-corrected chi connectivity index (χ2v) is 6.63. The first-order valence-corrected chi connectivity index (χ1v) is 8.67. The van der Waals surface area contributed by atoms with Gasteiger partial charge in [0, 0.05) is 22.2 Å². The zero-order chi connectivity index (χ0) is 18.3. The molecule has 0 saturated heterocycles. The minimum Gasteiger partial charge on any atom is -0.338 e. The van der Waals surface area contributed by atoms with E-state index in [9.17, 15) is 0 Å². The van der Waals surface area contributed by atoms with Crippen molar-refractivity contribution in [1.29, 1.82) is 0 Å². The molecule has 0 aliphatic rings. The maximum absolute atomic E-state index is 4.56. The van der Waals surface area contributed by atoms with Crippen LogP contribution in [0.1, 0.15) is 22.5 Å². The first-order chi connectivity index (χ1) is 12.5. The van der Waals surface area contributed by atoms with E-state index in [0.29, 0.717) is 0 Å². The van der Waals surface area contributed by atoms with Crippen LogP contribution in [0.4, 0.5) is 11.5 Å². The van der Waals surface area contributed by atoms with Gasteiger partial charge in [-0.2, -0.15) is 5.10 Å². The number of hydrogen-bond acceptors (Lipinski definition) is 4. The van der Waals surface area contributed by atoms with Gasteiger partial charge in [0.1, 0.15) is 0 Å². The Bertz CT molecular complexity index is 1110. The van der Waals surface area contributed by atoms with E-state index in [2.05, 4.69) is 58.7 Å². The van der Waals surface area contributed by atoms with Crippen LogP contribution in [0.25, 0.3) is 16.6 Å². The molecule has 0 radical (unpaired) electrons. The second-order valence-electron chi connectivity index (χ2n) is 6.63. The third kappa shape index (κ3) is 2.71. The van der Waals surface area contributed by atoms with Gasteiger partial charge in [0.15, 0.2) is 11.6 Å². The van der Waals surface area contributed by atoms with Crippen molar-refractivity contribution in [3.8, 4) is 5.82 Å². The lowest BCUT2D eigenvalue weighted by Crippen LogP contribution is -2.07. The predicted octanol–water partition coefficient (Wildman–Crippen LogP) is 4.79. The SMILES string of the molecule is Cc1cc(C)n(-c2nnc(Nc3cccc(C)c3C)c3ccccc23)n1. The molecule has 26 heavy (non-hydrogen) atoms. The Labute approximate surface area is 152 Å². The van der Waals surface area contributed by atoms with Gasteiger partial charge in [-0.1, -0.05) is 36.4 Å². The Morgan fingerprint density at radius 2 is 1.62 bits per heavy atom. The summed E-state index contributed by atoms with van der Waals surface area (Å²) in [7, 11) is 0. The van der Waals surface area contributed by atoms with Crippen LogP contribution in [0.5, 0.6) is 0 Å². The summed E-state index contributed by atoms with van der Waals surface area (Å²) in [4.78, 5) is 0. The van der Waals surface area contributed by atoms with Gasteiger partial charge in [0.05, 0.1) is 5.69 Å². The number of fused-ring (bicyclic) bond motifs is 1. The quantitative estimate of drug-likeness (QED) is 0.581. The van der Waals surface area contributed by atoms with Crippen molar-refractivity contribution in [2.75, 3.05) is 5.32 Å². The zero-order valence-corrected chi connectivity index (χ0v) is 15.4. The number of aromatic nitrogens is 4. The van der Waals surface area contributed by atoms with Crippen molar-refractivity contribution >= 4 is 22.3 Å². The molecular weight excluding hydrogens is 322 g/mol. The number of benzene rings is 2. The van der Waals surface area contributed by atoms with Crippen LogP contribution in [0.2, 0.25) is 0 Å². The van der Waals surface area contributed by atoms with Gasteiger partial charge in [-0.05, 0) is 51.0 Å². The van der Waals surface area contributed by atoms with E-state index in [1.807, 2.05) is 42.8 Å². The van der Waals surface area contributed by atoms with Crippen LogP contribution < -0.4 is 5.32 Å². The van der Waals surface area contributed by atoms with Crippen LogP contribution in [0.15, 0.2) is 48.5 Å². The van der Waals surface area contributed by atoms with Gasteiger partial charge in [0.25, 0.3) is 0 Å². The molecule has 0 bridgehead atoms. The molecule has 0 atom stereocenters. The van der Waals surface area contributed by atoms with Crippen molar-refractivity contribution in [2.24, 2.45) is 0 Å². The summed E-state index contributed by atoms with van der Waals surface area (Å²) in [5.74, 6) is 1.50. The Balaban J connectivity index is 1.87. The second kappa shape index (κ2) is 6.26. The molecule has 130 valence electrons. The highest BCUT2D eigenvalue weighted by Gasteiger charge is 2.14. The summed E-state index contributed by atoms with van der Waals surface area (Å²) < 4.78 is 1.85. The molecule has 0 aliphatic heterocycles. The highest BCUT2D eigenvalue weighted by Crippen LogP contribution is 2.29. The molecule has 0 spiro atoms. The molecule has 0 fully saturated rings. The van der Waals surface area contributed by atoms with Crippen LogP contribution in [0, 0.1) is 27.7 Å². The first-order valence-electron chi connectivity index (χ1n) is 8.67. The lowest BCUT2D eigenvalue weighted by molar-refractivity contribution is 0.792. The van der Waals surface area contributed by atoms with Gasteiger partial charge < -0.3 is 5.32 Å². The average molecular weight is 343 g/mol. The molecule has 0 saturated carbocycles. The Hall–Kier alpha value is -3.21. The maximum Gasteiger partial charge on any atom is 0.183 e. The van der Waals surface area contributed by atoms with Crippen molar-refractivity contribution in [2.45, 2.75) is 27.7 Å². The fraction of sp³-hybridized carbons (Fsp3) is 0.190. The van der Waals surface area contributed by atoms with Gasteiger partial charge in [-0.25, -0.2) is 4.68 Å². The van der Waals surface area contributed by atoms with Crippen LogP contribution in [-0.2, 0) is 0 Å². The van der Waals surface area contributed by atoms with Gasteiger partial charge in [-0.15, -0.1) is 10.2 Å². The molecule has 5 heteroatoms. The fourth-order valence-corrected chi connectivity index (χ4v) is 3.20. The van der Waals surface area contributed by atoms with E-state index in [-0.39, 0.29) is 0 Å². The predicted molar refractivity (Wildman–Crippen MR) is 105 cm³/mol. The molecule has 0 unspecified atom stereocenters. The zero-order valence-electron chi connectivity index (χ0n) is 15.4. The fourth-order valence-electron chi connectivity index (χ4n) is 3.20. The van der Waals surface area contributed by atoms with E-state index in [0.717, 1.165) is 39.5 Å². The number of anilines is 2. The van der Waals surface area contributed by atoms with Crippen molar-refractivity contribution in [3.63, 3.8) is 0 Å². The standard InChI is InChI=1S/C21H21N5/c1-13-8-7-11-19(16(13)4)22-20-17-9-5-6-10-18(17)21(24-23-20)26-15(3)12-14(2)25-26/h5-12H,1-4H3,(H,22,23). The van der Waals surface area contributed by atoms with Crippen molar-refractivity contribution in [3.05, 3.63) is 71.0 Å². The molecule has 2 aromatic heterocycles. The summed E-state index contributed by atoms with van der Waals surface area (Å²) in [6.07, 6.45) is 0. The minimum atomic E-state index is 0.748. The molecule has 4 rings (SSSR count). The third-order valence-corrected chi connectivity index (χ3v) is 4.74. The Morgan fingerprint density at radius 3 is 2.35 bits per heavy atom. The van der Waals surface area contributed by atoms with Crippen molar-refractivity contribution in [1.82, 2.24) is 20.0 Å². The maximum atomic E-state index is 4.56. The van der Waals surface area contributed by atoms with E-state index >= 15 is 0 Å². The topological polar surface area (TPSA) is 55.6 Å².